The smallest absolute Gasteiger partial charge is 0.241 e. The normalized spacial score (nSPS) is 12.5. The molecule has 27 heavy (non-hydrogen) atoms. The van der Waals surface area contributed by atoms with Crippen LogP contribution in [0.5, 0.6) is 0 Å². The van der Waals surface area contributed by atoms with Crippen LogP contribution in [0.1, 0.15) is 36.1 Å². The number of anilines is 1. The SMILES string of the molecule is CCC(NC(=O)CN(c1ccc(I)cc1)S(C)(=O)=O)c1ccc(C)cc1C. The van der Waals surface area contributed by atoms with E-state index in [4.69, 9.17) is 0 Å². The number of sulfonamides is 1. The summed E-state index contributed by atoms with van der Waals surface area (Å²) in [4.78, 5) is 12.6. The lowest BCUT2D eigenvalue weighted by Crippen LogP contribution is -2.41. The maximum atomic E-state index is 12.6. The van der Waals surface area contributed by atoms with Crippen LogP contribution in [0.25, 0.3) is 0 Å². The summed E-state index contributed by atoms with van der Waals surface area (Å²) >= 11 is 2.15. The fraction of sp³-hybridized carbons (Fsp3) is 0.350. The molecule has 0 bridgehead atoms. The van der Waals surface area contributed by atoms with Crippen molar-refractivity contribution in [1.29, 1.82) is 0 Å². The molecule has 0 aliphatic heterocycles. The number of carbonyl (C=O) groups is 1. The van der Waals surface area contributed by atoms with E-state index in [1.807, 2.05) is 45.0 Å². The van der Waals surface area contributed by atoms with Crippen LogP contribution in [0, 0.1) is 17.4 Å². The highest BCUT2D eigenvalue weighted by molar-refractivity contribution is 14.1. The van der Waals surface area contributed by atoms with Crippen molar-refractivity contribution >= 4 is 44.2 Å². The van der Waals surface area contributed by atoms with Gasteiger partial charge in [0.2, 0.25) is 15.9 Å². The third-order valence-electron chi connectivity index (χ3n) is 4.35. The third kappa shape index (κ3) is 5.93. The molecule has 0 saturated heterocycles. The highest BCUT2D eigenvalue weighted by Crippen LogP contribution is 2.23. The summed E-state index contributed by atoms with van der Waals surface area (Å²) in [5, 5.41) is 2.98. The van der Waals surface area contributed by atoms with Crippen LogP contribution in [0.4, 0.5) is 5.69 Å². The Bertz CT molecular complexity index is 911. The molecule has 146 valence electrons. The van der Waals surface area contributed by atoms with Crippen molar-refractivity contribution in [1.82, 2.24) is 5.32 Å². The van der Waals surface area contributed by atoms with Crippen LogP contribution >= 0.6 is 22.6 Å². The number of hydrogen-bond donors (Lipinski definition) is 1. The molecule has 0 saturated carbocycles. The first-order chi connectivity index (χ1) is 12.6. The van der Waals surface area contributed by atoms with E-state index in [1.165, 1.54) is 5.56 Å². The lowest BCUT2D eigenvalue weighted by atomic mass is 9.97. The fourth-order valence-electron chi connectivity index (χ4n) is 2.99. The van der Waals surface area contributed by atoms with Gasteiger partial charge in [-0.3, -0.25) is 9.10 Å². The highest BCUT2D eigenvalue weighted by atomic mass is 127. The summed E-state index contributed by atoms with van der Waals surface area (Å²) in [6.07, 6.45) is 1.83. The maximum absolute atomic E-state index is 12.6. The van der Waals surface area contributed by atoms with Crippen molar-refractivity contribution in [3.63, 3.8) is 0 Å². The number of rotatable bonds is 7. The first kappa shape index (κ1) is 21.7. The molecule has 5 nitrogen and oxygen atoms in total. The van der Waals surface area contributed by atoms with Crippen LogP contribution in [-0.4, -0.2) is 27.1 Å². The summed E-state index contributed by atoms with van der Waals surface area (Å²) in [5.74, 6) is -0.328. The number of nitrogens with one attached hydrogen (secondary N) is 1. The highest BCUT2D eigenvalue weighted by Gasteiger charge is 2.23. The van der Waals surface area contributed by atoms with Gasteiger partial charge in [0.1, 0.15) is 6.54 Å². The van der Waals surface area contributed by atoms with Crippen molar-refractivity contribution < 1.29 is 13.2 Å². The number of carbonyl (C=O) groups excluding carboxylic acids is 1. The Morgan fingerprint density at radius 1 is 1.15 bits per heavy atom. The van der Waals surface area contributed by atoms with Crippen LogP contribution in [-0.2, 0) is 14.8 Å². The second-order valence-corrected chi connectivity index (χ2v) is 9.79. The molecular formula is C20H25IN2O3S. The molecule has 0 aliphatic rings. The van der Waals surface area contributed by atoms with Gasteiger partial charge in [0.15, 0.2) is 0 Å². The molecule has 2 aromatic rings. The second-order valence-electron chi connectivity index (χ2n) is 6.63. The van der Waals surface area contributed by atoms with Gasteiger partial charge in [0.25, 0.3) is 0 Å². The maximum Gasteiger partial charge on any atom is 0.241 e. The predicted octanol–water partition coefficient (Wildman–Crippen LogP) is 3.94. The van der Waals surface area contributed by atoms with Gasteiger partial charge in [0, 0.05) is 3.57 Å². The summed E-state index contributed by atoms with van der Waals surface area (Å²) < 4.78 is 26.6. The monoisotopic (exact) mass is 500 g/mol. The lowest BCUT2D eigenvalue weighted by Gasteiger charge is -2.25. The second kappa shape index (κ2) is 9.05. The predicted molar refractivity (Wildman–Crippen MR) is 118 cm³/mol. The zero-order valence-electron chi connectivity index (χ0n) is 16.0. The lowest BCUT2D eigenvalue weighted by molar-refractivity contribution is -0.120. The zero-order chi connectivity index (χ0) is 20.2. The molecule has 1 N–H and O–H groups in total. The topological polar surface area (TPSA) is 66.5 Å². The first-order valence-electron chi connectivity index (χ1n) is 8.71. The van der Waals surface area contributed by atoms with Crippen LogP contribution in [0.3, 0.4) is 0 Å². The molecule has 0 aromatic heterocycles. The van der Waals surface area contributed by atoms with Crippen LogP contribution in [0.15, 0.2) is 42.5 Å². The van der Waals surface area contributed by atoms with E-state index in [9.17, 15) is 13.2 Å². The Labute approximate surface area is 175 Å². The van der Waals surface area contributed by atoms with E-state index in [-0.39, 0.29) is 18.5 Å². The standard InChI is InChI=1S/C20H25IN2O3S/c1-5-19(18-11-6-14(2)12-15(18)3)22-20(24)13-23(27(4,25)26)17-9-7-16(21)8-10-17/h6-12,19H,5,13H2,1-4H3,(H,22,24). The van der Waals surface area contributed by atoms with Gasteiger partial charge in [-0.25, -0.2) is 8.42 Å². The summed E-state index contributed by atoms with van der Waals surface area (Å²) in [7, 11) is -3.58. The van der Waals surface area contributed by atoms with Crippen LogP contribution < -0.4 is 9.62 Å². The van der Waals surface area contributed by atoms with Crippen molar-refractivity contribution in [2.24, 2.45) is 0 Å². The molecule has 0 spiro atoms. The van der Waals surface area contributed by atoms with Gasteiger partial charge in [-0.1, -0.05) is 30.7 Å². The van der Waals surface area contributed by atoms with E-state index < -0.39 is 10.0 Å². The Morgan fingerprint density at radius 3 is 2.30 bits per heavy atom. The molecule has 1 atom stereocenters. The molecule has 0 aliphatic carbocycles. The Hall–Kier alpha value is -1.61. The number of aryl methyl sites for hydroxylation is 2. The minimum atomic E-state index is -3.58. The van der Waals surface area contributed by atoms with Crippen molar-refractivity contribution in [3.05, 3.63) is 62.7 Å². The average Bonchev–Trinajstić information content (AvgIpc) is 2.58. The molecule has 1 unspecified atom stereocenters. The Balaban J connectivity index is 2.20. The van der Waals surface area contributed by atoms with E-state index in [0.29, 0.717) is 5.69 Å². The summed E-state index contributed by atoms with van der Waals surface area (Å²) in [5.41, 5.74) is 3.81. The molecule has 0 heterocycles. The zero-order valence-corrected chi connectivity index (χ0v) is 19.0. The van der Waals surface area contributed by atoms with Gasteiger partial charge >= 0.3 is 0 Å². The fourth-order valence-corrected chi connectivity index (χ4v) is 4.21. The van der Waals surface area contributed by atoms with E-state index in [0.717, 1.165) is 31.7 Å². The number of nitrogens with zero attached hydrogens (tertiary/aromatic N) is 1. The first-order valence-corrected chi connectivity index (χ1v) is 11.6. The number of hydrogen-bond acceptors (Lipinski definition) is 3. The van der Waals surface area contributed by atoms with Gasteiger partial charge in [-0.05, 0) is 78.3 Å². The largest absolute Gasteiger partial charge is 0.348 e. The number of amides is 1. The van der Waals surface area contributed by atoms with E-state index >= 15 is 0 Å². The van der Waals surface area contributed by atoms with Crippen molar-refractivity contribution in [3.8, 4) is 0 Å². The van der Waals surface area contributed by atoms with E-state index in [2.05, 4.69) is 34.0 Å². The molecule has 0 radical (unpaired) electrons. The Kier molecular flexibility index (Phi) is 7.27. The molecular weight excluding hydrogens is 475 g/mol. The molecule has 1 amide bonds. The summed E-state index contributed by atoms with van der Waals surface area (Å²) in [6, 6.07) is 13.0. The van der Waals surface area contributed by atoms with Crippen LogP contribution in [0.2, 0.25) is 0 Å². The molecule has 2 rings (SSSR count). The number of halogens is 1. The van der Waals surface area contributed by atoms with E-state index in [1.54, 1.807) is 12.1 Å². The van der Waals surface area contributed by atoms with Crippen molar-refractivity contribution in [2.45, 2.75) is 33.2 Å². The van der Waals surface area contributed by atoms with Gasteiger partial charge < -0.3 is 5.32 Å². The average molecular weight is 500 g/mol. The minimum absolute atomic E-state index is 0.156. The summed E-state index contributed by atoms with van der Waals surface area (Å²) in [6.45, 7) is 5.80. The molecule has 7 heteroatoms. The number of benzene rings is 2. The molecule has 0 fully saturated rings. The van der Waals surface area contributed by atoms with Gasteiger partial charge in [0.05, 0.1) is 18.0 Å². The molecule has 2 aromatic carbocycles. The van der Waals surface area contributed by atoms with Gasteiger partial charge in [-0.2, -0.15) is 0 Å². The third-order valence-corrected chi connectivity index (χ3v) is 6.21. The van der Waals surface area contributed by atoms with Crippen molar-refractivity contribution in [2.75, 3.05) is 17.1 Å². The quantitative estimate of drug-likeness (QED) is 0.586. The van der Waals surface area contributed by atoms with Gasteiger partial charge in [-0.15, -0.1) is 0 Å². The minimum Gasteiger partial charge on any atom is -0.348 e. The Morgan fingerprint density at radius 2 is 1.78 bits per heavy atom.